The predicted octanol–water partition coefficient (Wildman–Crippen LogP) is 3.48. The Morgan fingerprint density at radius 1 is 1.71 bits per heavy atom. The molecule has 98 valence electrons. The monoisotopic (exact) mass is 373 g/mol. The van der Waals surface area contributed by atoms with Gasteiger partial charge in [0, 0.05) is 21.2 Å². The summed E-state index contributed by atoms with van der Waals surface area (Å²) >= 11 is 1.88. The highest BCUT2D eigenvalue weighted by atomic mass is 127. The van der Waals surface area contributed by atoms with Crippen LogP contribution in [-0.2, 0) is 8.92 Å². The Hall–Kier alpha value is -0.750. The van der Waals surface area contributed by atoms with Crippen molar-refractivity contribution in [1.82, 2.24) is 4.90 Å². The van der Waals surface area contributed by atoms with Crippen LogP contribution in [0.5, 0.6) is 0 Å². The van der Waals surface area contributed by atoms with Crippen molar-refractivity contribution in [2.24, 2.45) is 0 Å². The molecule has 5 nitrogen and oxygen atoms in total. The zero-order valence-electron chi connectivity index (χ0n) is 9.76. The Morgan fingerprint density at radius 2 is 2.24 bits per heavy atom. The summed E-state index contributed by atoms with van der Waals surface area (Å²) in [6, 6.07) is 0. The zero-order valence-corrected chi connectivity index (χ0v) is 12.7. The average Bonchev–Trinajstić information content (AvgIpc) is 2.76. The third-order valence-electron chi connectivity index (χ3n) is 1.25. The standard InChI is InChI=1S/C5H6INO4S.C3H8.C2H2/c6-12-11-4(3-8)7-1-2-10-5(7)9;1-3-2;1-2/h3,8H,1-2H2;3H2,1-2H3;1-2H/b4-3-;;. The lowest BCUT2D eigenvalue weighted by atomic mass is 10.6. The van der Waals surface area contributed by atoms with E-state index in [-0.39, 0.29) is 5.88 Å². The first-order chi connectivity index (χ1) is 8.21. The molecule has 1 aliphatic rings. The van der Waals surface area contributed by atoms with Gasteiger partial charge in [-0.05, 0) is 0 Å². The van der Waals surface area contributed by atoms with E-state index in [2.05, 4.69) is 31.4 Å². The number of cyclic esters (lactones) is 1. The molecule has 0 unspecified atom stereocenters. The Labute approximate surface area is 118 Å². The maximum atomic E-state index is 10.9. The van der Waals surface area contributed by atoms with Crippen LogP contribution in [0.4, 0.5) is 4.79 Å². The van der Waals surface area contributed by atoms with E-state index < -0.39 is 6.09 Å². The van der Waals surface area contributed by atoms with Gasteiger partial charge in [0.05, 0.1) is 6.54 Å². The first-order valence-corrected chi connectivity index (χ1v) is 8.06. The largest absolute Gasteiger partial charge is 0.510 e. The number of rotatable bonds is 3. The molecule has 1 N–H and O–H groups in total. The fourth-order valence-corrected chi connectivity index (χ4v) is 1.51. The normalized spacial score (nSPS) is 13.8. The summed E-state index contributed by atoms with van der Waals surface area (Å²) in [5.41, 5.74) is 0. The van der Waals surface area contributed by atoms with Gasteiger partial charge < -0.3 is 14.0 Å². The molecule has 0 aromatic rings. The van der Waals surface area contributed by atoms with E-state index in [1.54, 1.807) is 0 Å². The molecule has 0 atom stereocenters. The Morgan fingerprint density at radius 3 is 2.53 bits per heavy atom. The van der Waals surface area contributed by atoms with Crippen LogP contribution in [0, 0.1) is 12.8 Å². The number of halogens is 1. The number of carbonyl (C=O) groups is 1. The molecular formula is C10H16INO4S. The van der Waals surface area contributed by atoms with Gasteiger partial charge in [-0.15, -0.1) is 12.8 Å². The Kier molecular flexibility index (Phi) is 14.6. The second-order valence-corrected chi connectivity index (χ2v) is 3.96. The van der Waals surface area contributed by atoms with Crippen molar-refractivity contribution in [3.05, 3.63) is 12.1 Å². The first-order valence-electron chi connectivity index (χ1n) is 4.78. The number of hydrogen-bond acceptors (Lipinski definition) is 5. The van der Waals surface area contributed by atoms with Gasteiger partial charge in [0.15, 0.2) is 0 Å². The number of terminal acetylenes is 1. The van der Waals surface area contributed by atoms with Gasteiger partial charge in [0.2, 0.25) is 5.88 Å². The van der Waals surface area contributed by atoms with Crippen LogP contribution in [0.25, 0.3) is 0 Å². The Balaban J connectivity index is 0. The number of ether oxygens (including phenoxy) is 1. The highest BCUT2D eigenvalue weighted by Crippen LogP contribution is 2.22. The molecule has 0 spiro atoms. The van der Waals surface area contributed by atoms with Crippen molar-refractivity contribution in [2.45, 2.75) is 20.3 Å². The highest BCUT2D eigenvalue weighted by molar-refractivity contribution is 14.2. The minimum Gasteiger partial charge on any atom is -0.510 e. The van der Waals surface area contributed by atoms with Gasteiger partial charge in [-0.1, -0.05) is 20.3 Å². The third kappa shape index (κ3) is 8.04. The molecule has 1 saturated heterocycles. The van der Waals surface area contributed by atoms with Gasteiger partial charge in [-0.25, -0.2) is 9.69 Å². The molecule has 0 bridgehead atoms. The van der Waals surface area contributed by atoms with Crippen molar-refractivity contribution in [2.75, 3.05) is 13.2 Å². The summed E-state index contributed by atoms with van der Waals surface area (Å²) in [7, 11) is 1.02. The van der Waals surface area contributed by atoms with E-state index in [0.29, 0.717) is 13.2 Å². The molecule has 0 radical (unpaired) electrons. The van der Waals surface area contributed by atoms with Crippen LogP contribution in [0.2, 0.25) is 0 Å². The molecule has 0 saturated carbocycles. The lowest BCUT2D eigenvalue weighted by Gasteiger charge is -2.12. The summed E-state index contributed by atoms with van der Waals surface area (Å²) in [6.07, 6.45) is 9.49. The molecule has 0 aliphatic carbocycles. The summed E-state index contributed by atoms with van der Waals surface area (Å²) in [5.74, 6) is 0.0944. The molecule has 1 fully saturated rings. The maximum Gasteiger partial charge on any atom is 0.416 e. The van der Waals surface area contributed by atoms with E-state index in [1.165, 1.54) is 11.3 Å². The molecule has 0 aromatic carbocycles. The second-order valence-electron chi connectivity index (χ2n) is 2.59. The minimum absolute atomic E-state index is 0.0944. The third-order valence-corrected chi connectivity index (χ3v) is 2.03. The first kappa shape index (κ1) is 18.6. The van der Waals surface area contributed by atoms with Gasteiger partial charge in [-0.2, -0.15) is 0 Å². The fourth-order valence-electron chi connectivity index (χ4n) is 0.762. The summed E-state index contributed by atoms with van der Waals surface area (Å²) in [5, 5.41) is 8.68. The molecule has 0 aromatic heterocycles. The number of carbonyl (C=O) groups excluding carboxylic acids is 1. The molecule has 1 aliphatic heterocycles. The van der Waals surface area contributed by atoms with Crippen molar-refractivity contribution >= 4 is 36.5 Å². The molecule has 1 heterocycles. The lowest BCUT2D eigenvalue weighted by Crippen LogP contribution is -2.23. The van der Waals surface area contributed by atoms with Gasteiger partial charge in [0.25, 0.3) is 0 Å². The topological polar surface area (TPSA) is 59.0 Å². The Bertz CT molecular complexity index is 258. The van der Waals surface area contributed by atoms with Crippen LogP contribution >= 0.6 is 30.4 Å². The fraction of sp³-hybridized carbons (Fsp3) is 0.500. The van der Waals surface area contributed by atoms with Crippen molar-refractivity contribution in [3.63, 3.8) is 0 Å². The number of hydrogen-bond donors (Lipinski definition) is 1. The molecule has 7 heteroatoms. The van der Waals surface area contributed by atoms with E-state index in [4.69, 9.17) is 9.29 Å². The lowest BCUT2D eigenvalue weighted by molar-refractivity contribution is 0.154. The van der Waals surface area contributed by atoms with Gasteiger partial charge >= 0.3 is 6.09 Å². The molecule has 17 heavy (non-hydrogen) atoms. The minimum atomic E-state index is -0.499. The second kappa shape index (κ2) is 13.3. The maximum absolute atomic E-state index is 10.9. The smallest absolute Gasteiger partial charge is 0.416 e. The van der Waals surface area contributed by atoms with E-state index in [0.717, 1.165) is 15.5 Å². The average molecular weight is 373 g/mol. The van der Waals surface area contributed by atoms with Crippen molar-refractivity contribution in [1.29, 1.82) is 0 Å². The van der Waals surface area contributed by atoms with E-state index in [1.807, 2.05) is 21.2 Å². The van der Waals surface area contributed by atoms with E-state index in [9.17, 15) is 4.79 Å². The van der Waals surface area contributed by atoms with Crippen LogP contribution in [-0.4, -0.2) is 29.3 Å². The van der Waals surface area contributed by atoms with Crippen LogP contribution < -0.4 is 0 Å². The summed E-state index contributed by atoms with van der Waals surface area (Å²) in [4.78, 5) is 12.1. The molecule has 1 rings (SSSR count). The SMILES string of the molecule is C#C.CCC.O=C1OCCN1/C(=C/O)OSI. The van der Waals surface area contributed by atoms with Gasteiger partial charge in [-0.3, -0.25) is 0 Å². The van der Waals surface area contributed by atoms with Crippen LogP contribution in [0.3, 0.4) is 0 Å². The highest BCUT2D eigenvalue weighted by Gasteiger charge is 2.27. The van der Waals surface area contributed by atoms with Crippen molar-refractivity contribution in [3.8, 4) is 12.8 Å². The van der Waals surface area contributed by atoms with Crippen LogP contribution in [0.15, 0.2) is 12.1 Å². The molecular weight excluding hydrogens is 357 g/mol. The predicted molar refractivity (Wildman–Crippen MR) is 77.3 cm³/mol. The summed E-state index contributed by atoms with van der Waals surface area (Å²) in [6.45, 7) is 4.98. The van der Waals surface area contributed by atoms with Crippen LogP contribution in [0.1, 0.15) is 20.3 Å². The van der Waals surface area contributed by atoms with Gasteiger partial charge in [0.1, 0.15) is 22.1 Å². The molecule has 1 amide bonds. The van der Waals surface area contributed by atoms with Crippen molar-refractivity contribution < 1.29 is 18.8 Å². The van der Waals surface area contributed by atoms with E-state index >= 15 is 0 Å². The quantitative estimate of drug-likeness (QED) is 0.355. The number of aliphatic hydroxyl groups is 1. The number of aliphatic hydroxyl groups excluding tert-OH is 1. The zero-order chi connectivity index (χ0) is 13.7. The number of nitrogens with zero attached hydrogens (tertiary/aromatic N) is 1. The summed E-state index contributed by atoms with van der Waals surface area (Å²) < 4.78 is 9.52. The number of amides is 1.